The van der Waals surface area contributed by atoms with E-state index in [0.29, 0.717) is 107 Å². The highest BCUT2D eigenvalue weighted by molar-refractivity contribution is 6.04. The summed E-state index contributed by atoms with van der Waals surface area (Å²) in [5.74, 6) is 3.72. The van der Waals surface area contributed by atoms with Crippen molar-refractivity contribution in [1.29, 1.82) is 0 Å². The van der Waals surface area contributed by atoms with Crippen LogP contribution in [0.5, 0.6) is 11.5 Å². The van der Waals surface area contributed by atoms with Crippen LogP contribution in [0.2, 0.25) is 0 Å². The molecule has 6 fully saturated rings. The number of nitrogens with one attached hydrogen (secondary N) is 6. The maximum atomic E-state index is 14.2. The SMILES string of the molecule is C=CC(=O)Nc1cc(Nc2cc(N3OCC[C@@H]3c3cc(C)cc(F)c3)ncn2)c(OC)cc1N1CCC(N2CCN(C)CC2)CC1.C=CC(=O)Nc1cc(Nc2cc(N3OCC[C@@H]3c3ccccc3)ncn2)c(OC)cc1N1CCN(CC)CC1.C=CC(=O)Nc1cc(Nc2cc(N3OCC[C@@H]3c3ccccc3)ncn2)ccc1N(C)CCN(C)C. The number of carbonyl (C=O) groups is 3. The van der Waals surface area contributed by atoms with Gasteiger partial charge in [0.2, 0.25) is 17.7 Å². The molecule has 3 atom stereocenters. The Bertz CT molecular complexity index is 4990. The second-order valence-electron chi connectivity index (χ2n) is 30.6. The molecule has 31 heteroatoms. The Labute approximate surface area is 707 Å². The number of carbonyl (C=O) groups excluding carboxylic acids is 3. The third-order valence-corrected chi connectivity index (χ3v) is 22.2. The van der Waals surface area contributed by atoms with E-state index in [2.05, 4.69) is 154 Å². The Balaban J connectivity index is 0.000000158. The number of hydroxylamine groups is 3. The van der Waals surface area contributed by atoms with E-state index in [1.165, 1.54) is 54.4 Å². The number of aryl methyl sites for hydroxylation is 1. The number of likely N-dealkylation sites (N-methyl/N-ethyl adjacent to an activating group) is 4. The molecule has 6 aromatic carbocycles. The fourth-order valence-electron chi connectivity index (χ4n) is 15.8. The molecule has 0 radical (unpaired) electrons. The molecule has 121 heavy (non-hydrogen) atoms. The molecule has 6 saturated heterocycles. The fourth-order valence-corrected chi connectivity index (χ4v) is 15.8. The van der Waals surface area contributed by atoms with Gasteiger partial charge in [-0.15, -0.1) is 0 Å². The number of nitrogens with zero attached hydrogens (tertiary/aromatic N) is 16. The minimum absolute atomic E-state index is 0.0664. The zero-order valence-corrected chi connectivity index (χ0v) is 70.3. The van der Waals surface area contributed by atoms with Crippen LogP contribution in [0.1, 0.15) is 79.4 Å². The fraction of sp³-hybridized carbons (Fsp3) is 0.367. The van der Waals surface area contributed by atoms with Gasteiger partial charge in [-0.05, 0) is 130 Å². The quantitative estimate of drug-likeness (QED) is 0.0249. The number of piperidine rings is 1. The molecule has 3 aromatic heterocycles. The highest BCUT2D eigenvalue weighted by Crippen LogP contribution is 2.44. The molecule has 0 saturated carbocycles. The summed E-state index contributed by atoms with van der Waals surface area (Å²) >= 11 is 0. The first-order chi connectivity index (χ1) is 58.8. The molecule has 6 N–H and O–H groups in total. The Morgan fingerprint density at radius 2 is 0.950 bits per heavy atom. The molecule has 15 rings (SSSR count). The number of rotatable bonds is 28. The average Bonchev–Trinajstić information content (AvgIpc) is 1.72. The highest BCUT2D eigenvalue weighted by Gasteiger charge is 2.35. The highest BCUT2D eigenvalue weighted by atomic mass is 19.1. The normalized spacial score (nSPS) is 17.7. The van der Waals surface area contributed by atoms with Crippen molar-refractivity contribution in [2.45, 2.75) is 70.1 Å². The number of aromatic nitrogens is 6. The van der Waals surface area contributed by atoms with Crippen molar-refractivity contribution >= 4 is 104 Å². The van der Waals surface area contributed by atoms with E-state index in [-0.39, 0.29) is 41.7 Å². The average molecular weight is 1650 g/mol. The van der Waals surface area contributed by atoms with Crippen LogP contribution in [0.25, 0.3) is 0 Å². The number of hydrogen-bond acceptors (Lipinski definition) is 27. The summed E-state index contributed by atoms with van der Waals surface area (Å²) < 4.78 is 25.8. The molecule has 9 aromatic rings. The van der Waals surface area contributed by atoms with Gasteiger partial charge in [0.25, 0.3) is 0 Å². The smallest absolute Gasteiger partial charge is 0.247 e. The van der Waals surface area contributed by atoms with E-state index in [9.17, 15) is 18.8 Å². The lowest BCUT2D eigenvalue weighted by Crippen LogP contribution is -2.52. The number of halogens is 1. The lowest BCUT2D eigenvalue weighted by atomic mass is 10.0. The molecule has 30 nitrogen and oxygen atoms in total. The topological polar surface area (TPSA) is 279 Å². The van der Waals surface area contributed by atoms with Crippen molar-refractivity contribution in [2.75, 3.05) is 209 Å². The van der Waals surface area contributed by atoms with Gasteiger partial charge in [-0.25, -0.2) is 49.5 Å². The second kappa shape index (κ2) is 41.6. The molecule has 0 unspecified atom stereocenters. The lowest BCUT2D eigenvalue weighted by molar-refractivity contribution is -0.112. The Morgan fingerprint density at radius 3 is 1.40 bits per heavy atom. The largest absolute Gasteiger partial charge is 0.494 e. The summed E-state index contributed by atoms with van der Waals surface area (Å²) in [4.78, 5) is 97.7. The summed E-state index contributed by atoms with van der Waals surface area (Å²) in [5, 5.41) is 24.3. The monoisotopic (exact) mass is 1650 g/mol. The summed E-state index contributed by atoms with van der Waals surface area (Å²) in [6.45, 7) is 29.1. The third kappa shape index (κ3) is 22.4. The molecule has 9 heterocycles. The van der Waals surface area contributed by atoms with Gasteiger partial charge in [-0.3, -0.25) is 33.8 Å². The summed E-state index contributed by atoms with van der Waals surface area (Å²) in [5.41, 5.74) is 10.8. The molecule has 0 spiro atoms. The number of anilines is 15. The van der Waals surface area contributed by atoms with Gasteiger partial charge >= 0.3 is 0 Å². The molecule has 0 bridgehead atoms. The van der Waals surface area contributed by atoms with E-state index in [4.69, 9.17) is 24.0 Å². The standard InChI is InChI=1S/C34H43FN8O3.C29H35N7O3.C27H33N7O2/c1-5-34(44)39-27-19-28(31(45-4)20-30(27)42-9-6-26(7-10-42)41-13-11-40(3)12-14-41)38-32-21-33(37-22-36-32)43-29(8-15-46-43)24-16-23(2)17-25(35)18-24;1-4-29(37)33-22-17-23(26(38-3)18-25(22)35-14-12-34(5-2)13-15-35)32-27-19-28(31-20-30-27)36-24(11-16-39-36)21-9-7-6-8-10-21;1-5-27(35)31-22-17-21(11-12-24(22)33(4)15-14-32(2)3)30-25-18-26(29-19-28-25)34-23(13-16-36-34)20-9-7-6-8-10-20/h5,16-22,26,29H,1,6-15H2,2-4H3,(H,39,44)(H,36,37,38);4,6-10,17-20,24H,1,5,11-16H2,2-3H3,(H,33,37)(H,30,31,32);5-12,17-19,23H,1,13-16H2,2-4H3,(H,31,35)(H,28,29,30)/t29-;24-;23-/m111/s1. The molecule has 0 aliphatic carbocycles. The van der Waals surface area contributed by atoms with Crippen molar-refractivity contribution in [3.8, 4) is 11.5 Å². The Kier molecular flexibility index (Phi) is 29.7. The van der Waals surface area contributed by atoms with Gasteiger partial charge in [0.1, 0.15) is 53.8 Å². The summed E-state index contributed by atoms with van der Waals surface area (Å²) in [6, 6.07) is 45.1. The van der Waals surface area contributed by atoms with Crippen molar-refractivity contribution in [2.24, 2.45) is 0 Å². The van der Waals surface area contributed by atoms with Crippen molar-refractivity contribution in [1.82, 2.24) is 49.5 Å². The van der Waals surface area contributed by atoms with Gasteiger partial charge in [0, 0.05) is 147 Å². The summed E-state index contributed by atoms with van der Waals surface area (Å²) in [7, 11) is 11.5. The minimum atomic E-state index is -0.293. The number of piperazine rings is 2. The van der Waals surface area contributed by atoms with Crippen LogP contribution in [-0.4, -0.2) is 221 Å². The van der Waals surface area contributed by atoms with Crippen LogP contribution in [0.4, 0.5) is 90.5 Å². The van der Waals surface area contributed by atoms with Gasteiger partial charge in [-0.2, -0.15) is 0 Å². The summed E-state index contributed by atoms with van der Waals surface area (Å²) in [6.07, 6.45) is 12.8. The van der Waals surface area contributed by atoms with Crippen LogP contribution in [0.15, 0.2) is 196 Å². The molecule has 636 valence electrons. The van der Waals surface area contributed by atoms with E-state index in [1.54, 1.807) is 31.4 Å². The predicted molar refractivity (Wildman–Crippen MR) is 477 cm³/mol. The van der Waals surface area contributed by atoms with Gasteiger partial charge in [0.15, 0.2) is 17.5 Å². The number of hydrogen-bond donors (Lipinski definition) is 6. The van der Waals surface area contributed by atoms with Crippen LogP contribution < -0.4 is 71.3 Å². The Morgan fingerprint density at radius 1 is 0.496 bits per heavy atom. The zero-order valence-electron chi connectivity index (χ0n) is 70.3. The van der Waals surface area contributed by atoms with Crippen LogP contribution in [-0.2, 0) is 28.9 Å². The number of ether oxygens (including phenoxy) is 2. The predicted octanol–water partition coefficient (Wildman–Crippen LogP) is 13.5. The van der Waals surface area contributed by atoms with Crippen molar-refractivity contribution in [3.05, 3.63) is 225 Å². The lowest BCUT2D eigenvalue weighted by Gasteiger charge is -2.43. The van der Waals surface area contributed by atoms with Crippen molar-refractivity contribution in [3.63, 3.8) is 0 Å². The molecular weight excluding hydrogens is 1540 g/mol. The second-order valence-corrected chi connectivity index (χ2v) is 30.6. The molecule has 6 aliphatic heterocycles. The maximum absolute atomic E-state index is 14.2. The first-order valence-electron chi connectivity index (χ1n) is 41.1. The third-order valence-electron chi connectivity index (χ3n) is 22.2. The number of methoxy groups -OCH3 is 2. The van der Waals surface area contributed by atoms with Gasteiger partial charge in [0.05, 0.1) is 97.7 Å². The van der Waals surface area contributed by atoms with Crippen molar-refractivity contribution < 1.29 is 42.8 Å². The number of amides is 3. The zero-order chi connectivity index (χ0) is 84.9. The van der Waals surface area contributed by atoms with E-state index in [1.807, 2.05) is 135 Å². The molecule has 6 aliphatic rings. The molecule has 3 amide bonds. The first kappa shape index (κ1) is 86.5. The van der Waals surface area contributed by atoms with Gasteiger partial charge < -0.3 is 70.8 Å². The van der Waals surface area contributed by atoms with Crippen LogP contribution in [0, 0.1) is 12.7 Å². The Hall–Kier alpha value is -12.4. The van der Waals surface area contributed by atoms with E-state index >= 15 is 0 Å². The maximum Gasteiger partial charge on any atom is 0.247 e. The first-order valence-corrected chi connectivity index (χ1v) is 41.1. The molecular formula is C90H111FN22O8. The van der Waals surface area contributed by atoms with E-state index in [0.717, 1.165) is 145 Å². The van der Waals surface area contributed by atoms with E-state index < -0.39 is 0 Å². The van der Waals surface area contributed by atoms with Crippen LogP contribution >= 0.6 is 0 Å². The minimum Gasteiger partial charge on any atom is -0.494 e. The number of benzene rings is 6. The van der Waals surface area contributed by atoms with Gasteiger partial charge in [-0.1, -0.05) is 93.4 Å². The van der Waals surface area contributed by atoms with Crippen LogP contribution in [0.3, 0.4) is 0 Å².